The van der Waals surface area contributed by atoms with Gasteiger partial charge in [0.15, 0.2) is 5.96 Å². The number of aliphatic imine (C=N–C) groups is 1. The molecule has 2 rings (SSSR count). The first-order valence-corrected chi connectivity index (χ1v) is 8.53. The van der Waals surface area contributed by atoms with E-state index in [1.165, 1.54) is 0 Å². The molecule has 2 N–H and O–H groups in total. The molecule has 2 fully saturated rings. The van der Waals surface area contributed by atoms with Crippen LogP contribution in [0.2, 0.25) is 0 Å². The van der Waals surface area contributed by atoms with Crippen molar-refractivity contribution in [1.82, 2.24) is 15.5 Å². The van der Waals surface area contributed by atoms with Crippen LogP contribution in [0.5, 0.6) is 0 Å². The van der Waals surface area contributed by atoms with Gasteiger partial charge in [-0.05, 0) is 12.3 Å². The van der Waals surface area contributed by atoms with Crippen LogP contribution in [0.4, 0.5) is 0 Å². The lowest BCUT2D eigenvalue weighted by molar-refractivity contribution is -0.0284. The van der Waals surface area contributed by atoms with E-state index < -0.39 is 0 Å². The number of hydrogen-bond acceptors (Lipinski definition) is 4. The monoisotopic (exact) mass is 440 g/mol. The van der Waals surface area contributed by atoms with Crippen molar-refractivity contribution in [3.05, 3.63) is 0 Å². The summed E-state index contributed by atoms with van der Waals surface area (Å²) >= 11 is 0. The van der Waals surface area contributed by atoms with Crippen LogP contribution in [0.3, 0.4) is 0 Å². The third-order valence-electron chi connectivity index (χ3n) is 4.15. The summed E-state index contributed by atoms with van der Waals surface area (Å²) in [5.41, 5.74) is 0. The summed E-state index contributed by atoms with van der Waals surface area (Å²) in [6, 6.07) is 0. The predicted molar refractivity (Wildman–Crippen MR) is 105 cm³/mol. The van der Waals surface area contributed by atoms with Crippen molar-refractivity contribution < 1.29 is 9.47 Å². The maximum atomic E-state index is 5.86. The summed E-state index contributed by atoms with van der Waals surface area (Å²) in [5.74, 6) is 2.16. The van der Waals surface area contributed by atoms with Gasteiger partial charge in [-0.2, -0.15) is 0 Å². The van der Waals surface area contributed by atoms with Gasteiger partial charge >= 0.3 is 0 Å². The molecule has 2 heterocycles. The number of guanidine groups is 1. The molecule has 0 radical (unpaired) electrons. The van der Waals surface area contributed by atoms with Gasteiger partial charge in [0.25, 0.3) is 0 Å². The van der Waals surface area contributed by atoms with Gasteiger partial charge in [0.2, 0.25) is 0 Å². The molecule has 2 aliphatic heterocycles. The van der Waals surface area contributed by atoms with Gasteiger partial charge in [-0.15, -0.1) is 24.0 Å². The van der Waals surface area contributed by atoms with E-state index in [4.69, 9.17) is 9.47 Å². The normalized spacial score (nSPS) is 26.2. The van der Waals surface area contributed by atoms with Crippen molar-refractivity contribution in [2.45, 2.75) is 26.4 Å². The zero-order chi connectivity index (χ0) is 15.8. The Morgan fingerprint density at radius 3 is 2.70 bits per heavy atom. The lowest BCUT2D eigenvalue weighted by atomic mass is 10.1. The van der Waals surface area contributed by atoms with Crippen LogP contribution < -0.4 is 10.6 Å². The van der Waals surface area contributed by atoms with Crippen molar-refractivity contribution in [2.24, 2.45) is 16.8 Å². The average Bonchev–Trinajstić information content (AvgIpc) is 3.00. The van der Waals surface area contributed by atoms with Gasteiger partial charge in [-0.3, -0.25) is 9.89 Å². The minimum absolute atomic E-state index is 0. The van der Waals surface area contributed by atoms with Gasteiger partial charge < -0.3 is 20.1 Å². The molecule has 6 nitrogen and oxygen atoms in total. The quantitative estimate of drug-likeness (QED) is 0.369. The summed E-state index contributed by atoms with van der Waals surface area (Å²) in [6.45, 7) is 12.0. The molecular weight excluding hydrogens is 407 g/mol. The molecule has 2 saturated heterocycles. The van der Waals surface area contributed by atoms with Crippen LogP contribution in [0, 0.1) is 11.8 Å². The highest BCUT2D eigenvalue weighted by Crippen LogP contribution is 2.10. The lowest BCUT2D eigenvalue weighted by Gasteiger charge is -2.34. The molecule has 0 bridgehead atoms. The number of morpholine rings is 1. The Bertz CT molecular complexity index is 349. The summed E-state index contributed by atoms with van der Waals surface area (Å²) in [4.78, 5) is 6.78. The zero-order valence-corrected chi connectivity index (χ0v) is 17.0. The molecular formula is C16H33IN4O2. The Kier molecular flexibility index (Phi) is 10.4. The largest absolute Gasteiger partial charge is 0.381 e. The fourth-order valence-electron chi connectivity index (χ4n) is 3.00. The Labute approximate surface area is 157 Å². The number of nitrogens with zero attached hydrogens (tertiary/aromatic N) is 2. The highest BCUT2D eigenvalue weighted by molar-refractivity contribution is 14.0. The molecule has 0 amide bonds. The smallest absolute Gasteiger partial charge is 0.191 e. The van der Waals surface area contributed by atoms with E-state index in [2.05, 4.69) is 34.4 Å². The first-order valence-electron chi connectivity index (χ1n) is 8.53. The van der Waals surface area contributed by atoms with Gasteiger partial charge in [0.05, 0.1) is 19.3 Å². The molecule has 0 spiro atoms. The van der Waals surface area contributed by atoms with Crippen molar-refractivity contribution >= 4 is 29.9 Å². The second kappa shape index (κ2) is 11.4. The summed E-state index contributed by atoms with van der Waals surface area (Å²) in [7, 11) is 1.81. The molecule has 0 saturated carbocycles. The molecule has 2 unspecified atom stereocenters. The van der Waals surface area contributed by atoms with E-state index in [-0.39, 0.29) is 30.1 Å². The molecule has 136 valence electrons. The molecule has 2 aliphatic rings. The Morgan fingerprint density at radius 2 is 2.04 bits per heavy atom. The van der Waals surface area contributed by atoms with Crippen LogP contribution in [-0.4, -0.2) is 76.6 Å². The van der Waals surface area contributed by atoms with E-state index in [0.29, 0.717) is 11.8 Å². The number of nitrogens with one attached hydrogen (secondary N) is 2. The third kappa shape index (κ3) is 8.00. The minimum Gasteiger partial charge on any atom is -0.381 e. The first kappa shape index (κ1) is 20.9. The Balaban J connectivity index is 0.00000264. The van der Waals surface area contributed by atoms with Crippen LogP contribution in [-0.2, 0) is 9.47 Å². The molecule has 0 aromatic rings. The van der Waals surface area contributed by atoms with Crippen molar-refractivity contribution in [3.63, 3.8) is 0 Å². The topological polar surface area (TPSA) is 58.1 Å². The van der Waals surface area contributed by atoms with Crippen molar-refractivity contribution in [3.8, 4) is 0 Å². The maximum absolute atomic E-state index is 5.86. The molecule has 0 aromatic heterocycles. The predicted octanol–water partition coefficient (Wildman–Crippen LogP) is 1.16. The number of ether oxygens (including phenoxy) is 2. The van der Waals surface area contributed by atoms with E-state index in [1.807, 2.05) is 7.05 Å². The van der Waals surface area contributed by atoms with Crippen molar-refractivity contribution in [2.75, 3.05) is 59.6 Å². The van der Waals surface area contributed by atoms with Crippen LogP contribution in [0.25, 0.3) is 0 Å². The van der Waals surface area contributed by atoms with E-state index >= 15 is 0 Å². The van der Waals surface area contributed by atoms with Gasteiger partial charge in [-0.25, -0.2) is 0 Å². The van der Waals surface area contributed by atoms with Crippen molar-refractivity contribution in [1.29, 1.82) is 0 Å². The van der Waals surface area contributed by atoms with Gasteiger partial charge in [-0.1, -0.05) is 13.8 Å². The second-order valence-electron chi connectivity index (χ2n) is 6.71. The number of rotatable bonds is 6. The molecule has 2 atom stereocenters. The van der Waals surface area contributed by atoms with Crippen LogP contribution in [0.1, 0.15) is 20.3 Å². The summed E-state index contributed by atoms with van der Waals surface area (Å²) in [6.07, 6.45) is 1.38. The highest BCUT2D eigenvalue weighted by atomic mass is 127. The molecule has 0 aliphatic carbocycles. The van der Waals surface area contributed by atoms with E-state index in [1.54, 1.807) is 0 Å². The molecule has 7 heteroatoms. The van der Waals surface area contributed by atoms with Gasteiger partial charge in [0.1, 0.15) is 0 Å². The third-order valence-corrected chi connectivity index (χ3v) is 4.15. The summed E-state index contributed by atoms with van der Waals surface area (Å²) < 4.78 is 11.3. The Morgan fingerprint density at radius 1 is 1.26 bits per heavy atom. The number of hydrogen-bond donors (Lipinski definition) is 2. The lowest BCUT2D eigenvalue weighted by Crippen LogP contribution is -2.50. The molecule has 0 aromatic carbocycles. The highest BCUT2D eigenvalue weighted by Gasteiger charge is 2.21. The van der Waals surface area contributed by atoms with E-state index in [9.17, 15) is 0 Å². The van der Waals surface area contributed by atoms with Gasteiger partial charge in [0, 0.05) is 52.3 Å². The Hall–Kier alpha value is -0.120. The fraction of sp³-hybridized carbons (Fsp3) is 0.938. The SMILES string of the molecule is CN=C(NCC1CCOC1)NCC1CN(CC(C)C)CCO1.I. The van der Waals surface area contributed by atoms with E-state index in [0.717, 1.165) is 64.9 Å². The maximum Gasteiger partial charge on any atom is 0.191 e. The van der Waals surface area contributed by atoms with Crippen LogP contribution >= 0.6 is 24.0 Å². The average molecular weight is 440 g/mol. The first-order chi connectivity index (χ1) is 10.7. The fourth-order valence-corrected chi connectivity index (χ4v) is 3.00. The summed E-state index contributed by atoms with van der Waals surface area (Å²) in [5, 5.41) is 6.77. The zero-order valence-electron chi connectivity index (χ0n) is 14.7. The minimum atomic E-state index is 0. The number of halogens is 1. The molecule has 23 heavy (non-hydrogen) atoms. The second-order valence-corrected chi connectivity index (χ2v) is 6.71. The standard InChI is InChI=1S/C16H32N4O2.HI/c1-13(2)10-20-5-7-22-15(11-20)9-19-16(17-3)18-8-14-4-6-21-12-14;/h13-15H,4-12H2,1-3H3,(H2,17,18,19);1H. The van der Waals surface area contributed by atoms with Crippen LogP contribution in [0.15, 0.2) is 4.99 Å².